The van der Waals surface area contributed by atoms with Gasteiger partial charge in [0.05, 0.1) is 30.6 Å². The molecule has 1 amide bonds. The number of hydrogen-bond acceptors (Lipinski definition) is 4. The van der Waals surface area contributed by atoms with Crippen LogP contribution in [0.4, 0.5) is 0 Å². The number of ether oxygens (including phenoxy) is 2. The van der Waals surface area contributed by atoms with Crippen molar-refractivity contribution in [3.63, 3.8) is 0 Å². The van der Waals surface area contributed by atoms with Crippen LogP contribution in [0.1, 0.15) is 32.7 Å². The molecular weight excluding hydrogens is 390 g/mol. The van der Waals surface area contributed by atoms with Crippen molar-refractivity contribution in [2.45, 2.75) is 27.0 Å². The van der Waals surface area contributed by atoms with Crippen LogP contribution in [-0.2, 0) is 20.2 Å². The summed E-state index contributed by atoms with van der Waals surface area (Å²) in [4.78, 5) is 12.6. The lowest BCUT2D eigenvalue weighted by Crippen LogP contribution is -2.24. The number of methoxy groups -OCH3 is 1. The Morgan fingerprint density at radius 3 is 2.66 bits per heavy atom. The van der Waals surface area contributed by atoms with Gasteiger partial charge in [0, 0.05) is 18.2 Å². The number of nitrogens with zero attached hydrogens (tertiary/aromatic N) is 2. The van der Waals surface area contributed by atoms with Crippen LogP contribution in [0.3, 0.4) is 0 Å². The molecule has 1 N–H and O–H groups in total. The van der Waals surface area contributed by atoms with Crippen molar-refractivity contribution < 1.29 is 14.3 Å². The zero-order chi connectivity index (χ0) is 21.0. The molecule has 0 atom stereocenters. The zero-order valence-corrected chi connectivity index (χ0v) is 17.7. The number of amides is 1. The van der Waals surface area contributed by atoms with Gasteiger partial charge in [0.15, 0.2) is 0 Å². The van der Waals surface area contributed by atoms with Crippen molar-refractivity contribution in [3.05, 3.63) is 75.6 Å². The van der Waals surface area contributed by atoms with E-state index in [-0.39, 0.29) is 12.5 Å². The van der Waals surface area contributed by atoms with Gasteiger partial charge in [0.1, 0.15) is 18.1 Å². The average molecular weight is 414 g/mol. The van der Waals surface area contributed by atoms with Crippen LogP contribution in [0.25, 0.3) is 0 Å². The molecule has 3 aromatic rings. The Labute approximate surface area is 175 Å². The molecule has 6 nitrogen and oxygen atoms in total. The lowest BCUT2D eigenvalue weighted by Gasteiger charge is -2.14. The van der Waals surface area contributed by atoms with E-state index in [0.717, 1.165) is 28.1 Å². The van der Waals surface area contributed by atoms with Crippen LogP contribution in [0, 0.1) is 13.8 Å². The summed E-state index contributed by atoms with van der Waals surface area (Å²) in [7, 11) is 3.38. The van der Waals surface area contributed by atoms with Crippen LogP contribution in [-0.4, -0.2) is 22.8 Å². The summed E-state index contributed by atoms with van der Waals surface area (Å²) in [5, 5.41) is 7.46. The van der Waals surface area contributed by atoms with E-state index in [1.807, 2.05) is 32.0 Å². The molecule has 0 aliphatic rings. The highest BCUT2D eigenvalue weighted by Crippen LogP contribution is 2.25. The van der Waals surface area contributed by atoms with Gasteiger partial charge in [0.2, 0.25) is 0 Å². The number of benzene rings is 2. The molecule has 0 aliphatic heterocycles. The van der Waals surface area contributed by atoms with E-state index in [2.05, 4.69) is 10.4 Å². The van der Waals surface area contributed by atoms with Crippen LogP contribution >= 0.6 is 11.6 Å². The number of aryl methyl sites for hydroxylation is 3. The third-order valence-corrected chi connectivity index (χ3v) is 5.01. The van der Waals surface area contributed by atoms with Crippen molar-refractivity contribution in [3.8, 4) is 11.5 Å². The lowest BCUT2D eigenvalue weighted by molar-refractivity contribution is 0.0950. The molecule has 0 radical (unpaired) electrons. The molecule has 0 fully saturated rings. The van der Waals surface area contributed by atoms with Gasteiger partial charge in [0.25, 0.3) is 5.91 Å². The first-order chi connectivity index (χ1) is 13.9. The Hall–Kier alpha value is -2.99. The Bertz CT molecular complexity index is 1010. The maximum atomic E-state index is 12.6. The molecule has 2 aromatic carbocycles. The number of carbonyl (C=O) groups excluding carboxylic acids is 1. The molecule has 0 saturated heterocycles. The monoisotopic (exact) mass is 413 g/mol. The molecule has 1 heterocycles. The van der Waals surface area contributed by atoms with Crippen LogP contribution in [0.2, 0.25) is 5.02 Å². The summed E-state index contributed by atoms with van der Waals surface area (Å²) in [6.07, 6.45) is 1.55. The fourth-order valence-electron chi connectivity index (χ4n) is 2.95. The number of rotatable bonds is 7. The van der Waals surface area contributed by atoms with E-state index in [1.165, 1.54) is 0 Å². The van der Waals surface area contributed by atoms with E-state index >= 15 is 0 Å². The molecule has 0 bridgehead atoms. The Morgan fingerprint density at radius 2 is 1.97 bits per heavy atom. The van der Waals surface area contributed by atoms with Crippen molar-refractivity contribution in [1.29, 1.82) is 0 Å². The molecule has 7 heteroatoms. The molecule has 1 aromatic heterocycles. The number of nitrogens with one attached hydrogen (secondary N) is 1. The molecule has 0 saturated carbocycles. The quantitative estimate of drug-likeness (QED) is 0.630. The minimum Gasteiger partial charge on any atom is -0.496 e. The zero-order valence-electron chi connectivity index (χ0n) is 17.0. The largest absolute Gasteiger partial charge is 0.496 e. The van der Waals surface area contributed by atoms with Crippen molar-refractivity contribution in [2.75, 3.05) is 7.11 Å². The fourth-order valence-corrected chi connectivity index (χ4v) is 3.18. The van der Waals surface area contributed by atoms with Gasteiger partial charge in [-0.15, -0.1) is 0 Å². The van der Waals surface area contributed by atoms with Gasteiger partial charge in [-0.25, -0.2) is 0 Å². The molecule has 152 valence electrons. The number of halogens is 1. The van der Waals surface area contributed by atoms with Gasteiger partial charge >= 0.3 is 0 Å². The first-order valence-electron chi connectivity index (χ1n) is 9.20. The standard InChI is InChI=1S/C22H24ClN3O3/c1-14-5-6-15(2)21(9-14)29-13-17-10-16(7-8-20(17)28-4)22(27)24-12-19-18(23)11-25-26(19)3/h5-11H,12-13H2,1-4H3,(H,24,27). The van der Waals surface area contributed by atoms with Gasteiger partial charge in [-0.2, -0.15) is 5.10 Å². The molecule has 29 heavy (non-hydrogen) atoms. The molecule has 0 spiro atoms. The summed E-state index contributed by atoms with van der Waals surface area (Å²) >= 11 is 6.09. The maximum absolute atomic E-state index is 12.6. The van der Waals surface area contributed by atoms with E-state index in [1.54, 1.807) is 43.2 Å². The van der Waals surface area contributed by atoms with Gasteiger partial charge in [-0.05, 0) is 49.2 Å². The summed E-state index contributed by atoms with van der Waals surface area (Å²) in [6, 6.07) is 11.3. The average Bonchev–Trinajstić information content (AvgIpc) is 3.04. The summed E-state index contributed by atoms with van der Waals surface area (Å²) < 4.78 is 13.1. The summed E-state index contributed by atoms with van der Waals surface area (Å²) in [5.41, 5.74) is 4.23. The summed E-state index contributed by atoms with van der Waals surface area (Å²) in [6.45, 7) is 4.60. The predicted molar refractivity (Wildman–Crippen MR) is 113 cm³/mol. The summed E-state index contributed by atoms with van der Waals surface area (Å²) in [5.74, 6) is 1.27. The van der Waals surface area contributed by atoms with E-state index < -0.39 is 0 Å². The van der Waals surface area contributed by atoms with E-state index in [9.17, 15) is 4.79 Å². The third kappa shape index (κ3) is 4.90. The Kier molecular flexibility index (Phi) is 6.44. The molecule has 3 rings (SSSR count). The second-order valence-electron chi connectivity index (χ2n) is 6.83. The highest BCUT2D eigenvalue weighted by Gasteiger charge is 2.13. The van der Waals surface area contributed by atoms with Gasteiger partial charge in [-0.3, -0.25) is 9.48 Å². The Morgan fingerprint density at radius 1 is 1.17 bits per heavy atom. The SMILES string of the molecule is COc1ccc(C(=O)NCc2c(Cl)cnn2C)cc1COc1cc(C)ccc1C. The van der Waals surface area contributed by atoms with Crippen molar-refractivity contribution in [1.82, 2.24) is 15.1 Å². The maximum Gasteiger partial charge on any atom is 0.251 e. The second kappa shape index (κ2) is 9.01. The minimum atomic E-state index is -0.210. The number of aromatic nitrogens is 2. The van der Waals surface area contributed by atoms with Gasteiger partial charge in [-0.1, -0.05) is 23.7 Å². The normalized spacial score (nSPS) is 10.7. The second-order valence-corrected chi connectivity index (χ2v) is 7.24. The van der Waals surface area contributed by atoms with Crippen molar-refractivity contribution in [2.24, 2.45) is 7.05 Å². The first-order valence-corrected chi connectivity index (χ1v) is 9.58. The highest BCUT2D eigenvalue weighted by molar-refractivity contribution is 6.31. The highest BCUT2D eigenvalue weighted by atomic mass is 35.5. The van der Waals surface area contributed by atoms with Crippen LogP contribution in [0.5, 0.6) is 11.5 Å². The molecule has 0 unspecified atom stereocenters. The predicted octanol–water partition coefficient (Wildman–Crippen LogP) is 4.21. The molecule has 0 aliphatic carbocycles. The number of carbonyl (C=O) groups is 1. The van der Waals surface area contributed by atoms with Gasteiger partial charge < -0.3 is 14.8 Å². The topological polar surface area (TPSA) is 65.4 Å². The molecular formula is C22H24ClN3O3. The van der Waals surface area contributed by atoms with E-state index in [4.69, 9.17) is 21.1 Å². The lowest BCUT2D eigenvalue weighted by atomic mass is 10.1. The van der Waals surface area contributed by atoms with Crippen LogP contribution in [0.15, 0.2) is 42.6 Å². The minimum absolute atomic E-state index is 0.210. The fraction of sp³-hybridized carbons (Fsp3) is 0.273. The Balaban J connectivity index is 1.74. The van der Waals surface area contributed by atoms with E-state index in [0.29, 0.717) is 22.9 Å². The smallest absolute Gasteiger partial charge is 0.251 e. The van der Waals surface area contributed by atoms with Crippen LogP contribution < -0.4 is 14.8 Å². The third-order valence-electron chi connectivity index (χ3n) is 4.70. The first kappa shape index (κ1) is 20.7. The number of hydrogen-bond donors (Lipinski definition) is 1. The van der Waals surface area contributed by atoms with Crippen molar-refractivity contribution >= 4 is 17.5 Å².